The highest BCUT2D eigenvalue weighted by Crippen LogP contribution is 2.47. The van der Waals surface area contributed by atoms with Gasteiger partial charge in [0.05, 0.1) is 77.0 Å². The average Bonchev–Trinajstić information content (AvgIpc) is 1.63. The minimum atomic E-state index is -4.37. The lowest BCUT2D eigenvalue weighted by Crippen LogP contribution is -2.45. The third-order valence-electron chi connectivity index (χ3n) is 29.0. The Morgan fingerprint density at radius 2 is 0.595 bits per heavy atom. The smallest absolute Gasteiger partial charge is 0.352 e. The number of hydrogen-bond donors (Lipinski definition) is 10. The second-order valence-corrected chi connectivity index (χ2v) is 38.8. The highest BCUT2D eigenvalue weighted by molar-refractivity contribution is 6.30. The Bertz CT molecular complexity index is 4920. The molecule has 0 radical (unpaired) electrons. The molecule has 0 aromatic heterocycles. The van der Waals surface area contributed by atoms with Crippen LogP contribution in [-0.2, 0) is 60.3 Å². The Hall–Kier alpha value is -10.0. The molecule has 5 aliphatic carbocycles. The van der Waals surface area contributed by atoms with E-state index in [2.05, 4.69) is 83.5 Å². The molecule has 5 aromatic carbocycles. The van der Waals surface area contributed by atoms with E-state index in [1.807, 2.05) is 80.3 Å². The lowest BCUT2D eigenvalue weighted by molar-refractivity contribution is -0.138. The third kappa shape index (κ3) is 24.1. The molecule has 10 heterocycles. The molecule has 15 aliphatic rings. The van der Waals surface area contributed by atoms with Crippen LogP contribution in [0.4, 0.5) is 26.3 Å². The van der Waals surface area contributed by atoms with Crippen molar-refractivity contribution in [3.05, 3.63) is 177 Å². The second kappa shape index (κ2) is 42.0. The van der Waals surface area contributed by atoms with Gasteiger partial charge in [-0.05, 0) is 187 Å². The molecule has 5 aromatic rings. The van der Waals surface area contributed by atoms with E-state index in [-0.39, 0.29) is 167 Å². The number of amides is 10. The first-order valence-electron chi connectivity index (χ1n) is 47.4. The summed E-state index contributed by atoms with van der Waals surface area (Å²) in [6.45, 7) is 9.93. The first-order valence-corrected chi connectivity index (χ1v) is 47.8. The standard InChI is InChI=1S/2C20H24F3N3O2.C20H24N4O2.C19H24ClN3O2.C19H25N3O2/c21-20(22,23)14-5-3-12(4-6-14)15-10-16(15)25-18(27)13-9-17(24-11-13)19(28)26-7-1-2-8-26;21-20(22,23)14-5-3-4-12(8-14)15-10-16(15)25-18(27)13-9-17(24-11-13)19(28)26-6-1-2-7-26;21-11-15-7-4-8-24(15)20(26)18-9-14(12-22-18)19(25)23-17-10-16(17)13-5-2-1-3-6-13;20-14-5-3-12(4-6-14)15-10-16(15)22-18(24)13-9-17(21-11-13)19(25)23-7-1-2-8-23;23-18(21-16-11-15(16)13-6-2-1-3-7-13)14-10-17(20-12-14)19(24)22-8-4-5-9-22/h3-6,13,15-17,24H,1-2,7-11H2,(H,25,27);3-5,8,13,15-17,24H,1-2,6-7,9-11H2,(H,25,27);1-3,5-6,14-18,22H,4,7-10,12H2,(H,23,25);3-6,13,15-17,21H,1-2,7-11H2,(H,22,24);1-3,6-7,14-17,20H,4-5,8-12H2,(H,21,23)/t2*13-,15?,16-,17-;14-,15-,16-,17+,18-;13-,15?,16-,17-;14-,15+,16-,17-/m00000/s1. The molecule has 0 bridgehead atoms. The number of nitrogens with one attached hydrogen (secondary N) is 10. The number of alkyl halides is 6. The van der Waals surface area contributed by atoms with E-state index >= 15 is 0 Å². The minimum absolute atomic E-state index is 0.0297. The summed E-state index contributed by atoms with van der Waals surface area (Å²) in [6, 6.07) is 40.0. The summed E-state index contributed by atoms with van der Waals surface area (Å²) in [6.07, 6.45) is 8.53. The highest BCUT2D eigenvalue weighted by atomic mass is 35.5. The molecule has 10 aliphatic heterocycles. The summed E-state index contributed by atoms with van der Waals surface area (Å²) >= 11 is 5.92. The van der Waals surface area contributed by atoms with E-state index in [1.165, 1.54) is 41.0 Å². The summed E-state index contributed by atoms with van der Waals surface area (Å²) in [5, 5.41) is 41.3. The molecule has 26 nitrogen and oxygen atoms in total. The third-order valence-corrected chi connectivity index (χ3v) is 29.3. The number of nitrogens with zero attached hydrogens (tertiary/aromatic N) is 6. The van der Waals surface area contributed by atoms with Crippen LogP contribution in [0.15, 0.2) is 133 Å². The summed E-state index contributed by atoms with van der Waals surface area (Å²) in [4.78, 5) is 134. The van der Waals surface area contributed by atoms with Gasteiger partial charge in [-0.2, -0.15) is 31.6 Å². The van der Waals surface area contributed by atoms with Crippen molar-refractivity contribution in [1.29, 1.82) is 5.26 Å². The number of hydrogen-bond acceptors (Lipinski definition) is 16. The Morgan fingerprint density at radius 1 is 0.321 bits per heavy atom. The molecule has 131 heavy (non-hydrogen) atoms. The summed E-state index contributed by atoms with van der Waals surface area (Å²) in [5.74, 6) is 0.809. The van der Waals surface area contributed by atoms with Crippen LogP contribution in [-0.4, -0.2) is 242 Å². The normalized spacial score (nSPS) is 31.0. The largest absolute Gasteiger partial charge is 0.416 e. The average molecular weight is 1830 g/mol. The molecular weight excluding hydrogens is 1710 g/mol. The van der Waals surface area contributed by atoms with Gasteiger partial charge in [0.2, 0.25) is 59.1 Å². The fourth-order valence-electron chi connectivity index (χ4n) is 20.7. The molecule has 3 unspecified atom stereocenters. The van der Waals surface area contributed by atoms with E-state index < -0.39 is 23.5 Å². The number of carbonyl (C=O) groups excluding carboxylic acids is 10. The molecule has 0 spiro atoms. The minimum Gasteiger partial charge on any atom is -0.352 e. The van der Waals surface area contributed by atoms with Gasteiger partial charge in [0.15, 0.2) is 0 Å². The number of carbonyl (C=O) groups is 10. The van der Waals surface area contributed by atoms with Crippen molar-refractivity contribution in [1.82, 2.24) is 77.7 Å². The van der Waals surface area contributed by atoms with Crippen molar-refractivity contribution in [2.75, 3.05) is 91.6 Å². The van der Waals surface area contributed by atoms with Crippen LogP contribution in [0.1, 0.15) is 197 Å². The fourth-order valence-corrected chi connectivity index (χ4v) is 20.8. The van der Waals surface area contributed by atoms with Gasteiger partial charge in [-0.25, -0.2) is 0 Å². The molecule has 21 atom stereocenters. The second-order valence-electron chi connectivity index (χ2n) is 38.3. The summed E-state index contributed by atoms with van der Waals surface area (Å²) in [5.41, 5.74) is 3.88. The van der Waals surface area contributed by atoms with Gasteiger partial charge in [0, 0.05) is 156 Å². The number of halogens is 7. The van der Waals surface area contributed by atoms with Crippen LogP contribution < -0.4 is 53.2 Å². The van der Waals surface area contributed by atoms with Crippen LogP contribution >= 0.6 is 11.6 Å². The molecule has 702 valence electrons. The van der Waals surface area contributed by atoms with Crippen molar-refractivity contribution < 1.29 is 74.3 Å². The van der Waals surface area contributed by atoms with E-state index in [4.69, 9.17) is 16.9 Å². The zero-order valence-electron chi connectivity index (χ0n) is 73.8. The first kappa shape index (κ1) is 94.2. The Labute approximate surface area is 765 Å². The molecule has 10 amide bonds. The predicted molar refractivity (Wildman–Crippen MR) is 477 cm³/mol. The van der Waals surface area contributed by atoms with Crippen LogP contribution in [0.3, 0.4) is 0 Å². The molecule has 10 N–H and O–H groups in total. The Kier molecular flexibility index (Phi) is 30.2. The Balaban J connectivity index is 0.000000120. The van der Waals surface area contributed by atoms with E-state index in [0.717, 1.165) is 171 Å². The number of nitriles is 1. The monoisotopic (exact) mass is 1830 g/mol. The highest BCUT2D eigenvalue weighted by Gasteiger charge is 2.50. The molecular formula is C98H121ClF6N16O10. The zero-order chi connectivity index (χ0) is 91.8. The molecule has 10 saturated heterocycles. The predicted octanol–water partition coefficient (Wildman–Crippen LogP) is 8.88. The van der Waals surface area contributed by atoms with Gasteiger partial charge in [-0.15, -0.1) is 0 Å². The zero-order valence-corrected chi connectivity index (χ0v) is 74.5. The lowest BCUT2D eigenvalue weighted by atomic mass is 10.0. The Morgan fingerprint density at radius 3 is 0.893 bits per heavy atom. The van der Waals surface area contributed by atoms with Crippen molar-refractivity contribution in [3.8, 4) is 6.07 Å². The summed E-state index contributed by atoms with van der Waals surface area (Å²) < 4.78 is 76.6. The fraction of sp³-hybridized carbons (Fsp3) is 0.582. The molecule has 20 rings (SSSR count). The molecule has 5 saturated carbocycles. The van der Waals surface area contributed by atoms with Gasteiger partial charge in [-0.3, -0.25) is 47.9 Å². The maximum Gasteiger partial charge on any atom is 0.416 e. The molecule has 15 fully saturated rings. The summed E-state index contributed by atoms with van der Waals surface area (Å²) in [7, 11) is 0. The van der Waals surface area contributed by atoms with Crippen LogP contribution in [0.5, 0.6) is 0 Å². The number of benzene rings is 5. The maximum absolute atomic E-state index is 12.9. The van der Waals surface area contributed by atoms with Crippen LogP contribution in [0, 0.1) is 40.9 Å². The number of likely N-dealkylation sites (tertiary alicyclic amines) is 5. The number of rotatable bonds is 20. The van der Waals surface area contributed by atoms with Crippen LogP contribution in [0.25, 0.3) is 0 Å². The lowest BCUT2D eigenvalue weighted by Gasteiger charge is -2.23. The maximum atomic E-state index is 12.9. The van der Waals surface area contributed by atoms with Crippen LogP contribution in [0.2, 0.25) is 5.02 Å². The quantitative estimate of drug-likeness (QED) is 0.0325. The van der Waals surface area contributed by atoms with Gasteiger partial charge >= 0.3 is 12.4 Å². The van der Waals surface area contributed by atoms with Crippen molar-refractivity contribution in [2.24, 2.45) is 29.6 Å². The van der Waals surface area contributed by atoms with E-state index in [0.29, 0.717) is 101 Å². The van der Waals surface area contributed by atoms with Gasteiger partial charge < -0.3 is 77.7 Å². The van der Waals surface area contributed by atoms with Crippen molar-refractivity contribution >= 4 is 70.7 Å². The molecule has 33 heteroatoms. The van der Waals surface area contributed by atoms with E-state index in [1.54, 1.807) is 11.0 Å². The first-order chi connectivity index (χ1) is 63.2. The van der Waals surface area contributed by atoms with Gasteiger partial charge in [0.25, 0.3) is 0 Å². The van der Waals surface area contributed by atoms with E-state index in [9.17, 15) is 74.3 Å². The van der Waals surface area contributed by atoms with Gasteiger partial charge in [0.1, 0.15) is 6.04 Å². The van der Waals surface area contributed by atoms with Crippen molar-refractivity contribution in [3.63, 3.8) is 0 Å². The van der Waals surface area contributed by atoms with Crippen molar-refractivity contribution in [2.45, 2.75) is 237 Å². The topological polar surface area (TPSA) is 331 Å². The SMILES string of the molecule is N#C[C@@H]1CCCN1C(=O)[C@@H]1C[C@H](C(=O)N[C@@H]2C[C@H]2c2ccccc2)CN1.O=C(N[C@H]1CC1c1ccc(C(F)(F)F)cc1)[C@@H]1CN[C@H](C(=O)N2CCCC2)C1.O=C(N[C@H]1CC1c1ccc(Cl)cc1)[C@@H]1CN[C@H](C(=O)N2CCCC2)C1.O=C(N[C@H]1CC1c1cccc(C(F)(F)F)c1)[C@@H]1CN[C@H](C(=O)N2CCCC2)C1.O=C(N[C@H]1C[C@@H]1c1ccccc1)[C@@H]1CN[C@H](C(=O)N2CCCC2)C1. The van der Waals surface area contributed by atoms with Gasteiger partial charge in [-0.1, -0.05) is 115 Å².